The van der Waals surface area contributed by atoms with Gasteiger partial charge in [0.1, 0.15) is 0 Å². The number of aromatic nitrogens is 3. The van der Waals surface area contributed by atoms with E-state index in [-0.39, 0.29) is 5.91 Å². The molecule has 1 fully saturated rings. The minimum atomic E-state index is 0.0987. The highest BCUT2D eigenvalue weighted by molar-refractivity contribution is 5.97. The summed E-state index contributed by atoms with van der Waals surface area (Å²) in [7, 11) is 1.93. The highest BCUT2D eigenvalue weighted by Gasteiger charge is 2.26. The highest BCUT2D eigenvalue weighted by atomic mass is 16.5. The Hall–Kier alpha value is -3.35. The predicted octanol–water partition coefficient (Wildman–Crippen LogP) is 4.80. The Morgan fingerprint density at radius 2 is 1.88 bits per heavy atom. The number of H-pyrrole nitrogens is 1. The number of aryl methyl sites for hydroxylation is 2. The van der Waals surface area contributed by atoms with E-state index < -0.39 is 0 Å². The molecule has 174 valence electrons. The van der Waals surface area contributed by atoms with Crippen LogP contribution >= 0.6 is 0 Å². The summed E-state index contributed by atoms with van der Waals surface area (Å²) in [5.74, 6) is 1.21. The first-order valence-electron chi connectivity index (χ1n) is 11.8. The number of anilines is 1. The lowest BCUT2D eigenvalue weighted by atomic mass is 9.88. The molecule has 1 amide bonds. The van der Waals surface area contributed by atoms with E-state index in [4.69, 9.17) is 4.74 Å². The number of amides is 1. The molecule has 0 aliphatic carbocycles. The maximum atomic E-state index is 13.6. The minimum Gasteiger partial charge on any atom is -0.464 e. The average Bonchev–Trinajstić information content (AvgIpc) is 3.32. The van der Waals surface area contributed by atoms with E-state index in [0.717, 1.165) is 60.3 Å². The van der Waals surface area contributed by atoms with Crippen LogP contribution < -0.4 is 10.1 Å². The quantitative estimate of drug-likeness (QED) is 0.543. The van der Waals surface area contributed by atoms with Crippen molar-refractivity contribution < 1.29 is 9.53 Å². The molecule has 2 heterocycles. The monoisotopic (exact) mass is 447 g/mol. The maximum absolute atomic E-state index is 13.6. The summed E-state index contributed by atoms with van der Waals surface area (Å²) in [6.07, 6.45) is 2.76. The highest BCUT2D eigenvalue weighted by Crippen LogP contribution is 2.31. The molecular weight excluding hydrogens is 414 g/mol. The molecule has 0 unspecified atom stereocenters. The molecule has 0 bridgehead atoms. The topological polar surface area (TPSA) is 83.1 Å². The Bertz CT molecular complexity index is 1100. The molecule has 2 aromatic carbocycles. The number of ether oxygens (including phenoxy) is 1. The molecule has 0 spiro atoms. The van der Waals surface area contributed by atoms with Gasteiger partial charge in [-0.25, -0.2) is 0 Å². The number of hydrogen-bond donors (Lipinski definition) is 2. The van der Waals surface area contributed by atoms with Crippen LogP contribution in [0.5, 0.6) is 6.01 Å². The zero-order valence-corrected chi connectivity index (χ0v) is 19.9. The molecule has 3 aromatic rings. The molecule has 7 nitrogen and oxygen atoms in total. The van der Waals surface area contributed by atoms with Gasteiger partial charge in [0.05, 0.1) is 6.61 Å². The largest absolute Gasteiger partial charge is 0.464 e. The van der Waals surface area contributed by atoms with Gasteiger partial charge >= 0.3 is 6.01 Å². The number of piperidine rings is 1. The number of nitrogens with one attached hydrogen (secondary N) is 2. The van der Waals surface area contributed by atoms with Crippen molar-refractivity contribution in [2.24, 2.45) is 0 Å². The van der Waals surface area contributed by atoms with E-state index in [0.29, 0.717) is 24.4 Å². The van der Waals surface area contributed by atoms with Gasteiger partial charge in [-0.1, -0.05) is 30.2 Å². The molecule has 1 aromatic heterocycles. The molecular formula is C26H33N5O2. The van der Waals surface area contributed by atoms with Gasteiger partial charge in [0.15, 0.2) is 5.82 Å². The van der Waals surface area contributed by atoms with Gasteiger partial charge in [0.2, 0.25) is 0 Å². The molecule has 4 rings (SSSR count). The molecule has 7 heteroatoms. The lowest BCUT2D eigenvalue weighted by Gasteiger charge is -2.33. The number of hydrogen-bond acceptors (Lipinski definition) is 5. The van der Waals surface area contributed by atoms with Gasteiger partial charge in [0.25, 0.3) is 5.91 Å². The van der Waals surface area contributed by atoms with Gasteiger partial charge in [-0.3, -0.25) is 9.78 Å². The van der Waals surface area contributed by atoms with Crippen molar-refractivity contribution in [3.63, 3.8) is 0 Å². The van der Waals surface area contributed by atoms with Crippen LogP contribution in [0.1, 0.15) is 59.7 Å². The van der Waals surface area contributed by atoms with E-state index in [2.05, 4.69) is 57.8 Å². The predicted molar refractivity (Wildman–Crippen MR) is 131 cm³/mol. The molecule has 0 atom stereocenters. The van der Waals surface area contributed by atoms with E-state index in [1.165, 1.54) is 5.56 Å². The van der Waals surface area contributed by atoms with E-state index in [1.54, 1.807) is 0 Å². The van der Waals surface area contributed by atoms with Crippen LogP contribution in [0.25, 0.3) is 11.4 Å². The van der Waals surface area contributed by atoms with Crippen molar-refractivity contribution in [2.45, 2.75) is 46.0 Å². The lowest BCUT2D eigenvalue weighted by Crippen LogP contribution is -2.38. The summed E-state index contributed by atoms with van der Waals surface area (Å²) in [6, 6.07) is 13.1. The van der Waals surface area contributed by atoms with Crippen molar-refractivity contribution >= 4 is 11.6 Å². The molecule has 0 radical (unpaired) electrons. The van der Waals surface area contributed by atoms with Gasteiger partial charge in [-0.15, -0.1) is 5.10 Å². The zero-order chi connectivity index (χ0) is 23.4. The summed E-state index contributed by atoms with van der Waals surface area (Å²) in [5, 5.41) is 11.4. The fourth-order valence-electron chi connectivity index (χ4n) is 4.59. The smallest absolute Gasteiger partial charge is 0.314 e. The Labute approximate surface area is 195 Å². The van der Waals surface area contributed by atoms with E-state index >= 15 is 0 Å². The minimum absolute atomic E-state index is 0.0987. The van der Waals surface area contributed by atoms with E-state index in [9.17, 15) is 4.79 Å². The number of benzene rings is 2. The summed E-state index contributed by atoms with van der Waals surface area (Å²) < 4.78 is 5.42. The number of rotatable bonds is 7. The maximum Gasteiger partial charge on any atom is 0.314 e. The van der Waals surface area contributed by atoms with Crippen LogP contribution in [-0.4, -0.2) is 52.7 Å². The van der Waals surface area contributed by atoms with Crippen LogP contribution in [0.3, 0.4) is 0 Å². The molecule has 1 aliphatic rings. The second-order valence-corrected chi connectivity index (χ2v) is 8.53. The van der Waals surface area contributed by atoms with Gasteiger partial charge in [-0.05, 0) is 73.9 Å². The van der Waals surface area contributed by atoms with Gasteiger partial charge in [-0.2, -0.15) is 0 Å². The van der Waals surface area contributed by atoms with Crippen LogP contribution in [0.4, 0.5) is 5.69 Å². The summed E-state index contributed by atoms with van der Waals surface area (Å²) >= 11 is 0. The molecule has 2 N–H and O–H groups in total. The van der Waals surface area contributed by atoms with E-state index in [1.807, 2.05) is 31.9 Å². The van der Waals surface area contributed by atoms with Gasteiger partial charge < -0.3 is 15.0 Å². The van der Waals surface area contributed by atoms with Crippen LogP contribution in [0.2, 0.25) is 0 Å². The van der Waals surface area contributed by atoms with Crippen LogP contribution in [0.15, 0.2) is 36.4 Å². The fourth-order valence-corrected chi connectivity index (χ4v) is 4.59. The van der Waals surface area contributed by atoms with Crippen LogP contribution in [0, 0.1) is 6.92 Å². The number of likely N-dealkylation sites (tertiary alicyclic amines) is 1. The number of aromatic amines is 1. The number of nitrogens with zero attached hydrogens (tertiary/aromatic N) is 3. The Morgan fingerprint density at radius 3 is 2.52 bits per heavy atom. The summed E-state index contributed by atoms with van der Waals surface area (Å²) in [4.78, 5) is 18.7. The standard InChI is InChI=1S/C26H33N5O2/c1-5-18-15-17(3)22(24-28-26(30-29-24)33-6-2)16-23(18)25(32)31-13-11-20(12-14-31)19-7-9-21(27-4)10-8-19/h7-10,15-16,20,27H,5-6,11-14H2,1-4H3,(H,28,29,30). The van der Waals surface area contributed by atoms with Gasteiger partial charge in [0, 0.05) is 37.0 Å². The molecule has 0 saturated carbocycles. The third-order valence-corrected chi connectivity index (χ3v) is 6.52. The first-order chi connectivity index (χ1) is 16.0. The van der Waals surface area contributed by atoms with Crippen molar-refractivity contribution in [1.82, 2.24) is 20.1 Å². The molecule has 33 heavy (non-hydrogen) atoms. The second-order valence-electron chi connectivity index (χ2n) is 8.53. The third kappa shape index (κ3) is 4.87. The Morgan fingerprint density at radius 1 is 1.15 bits per heavy atom. The van der Waals surface area contributed by atoms with Crippen LogP contribution in [-0.2, 0) is 6.42 Å². The first-order valence-corrected chi connectivity index (χ1v) is 11.8. The average molecular weight is 448 g/mol. The SMILES string of the molecule is CCOc1nnc(-c2cc(C(=O)N3CCC(c4ccc(NC)cc4)CC3)c(CC)cc2C)[nH]1. The summed E-state index contributed by atoms with van der Waals surface area (Å²) in [5.41, 5.74) is 6.23. The normalized spacial score (nSPS) is 14.4. The summed E-state index contributed by atoms with van der Waals surface area (Å²) in [6.45, 7) is 8.08. The second kappa shape index (κ2) is 10.1. The zero-order valence-electron chi connectivity index (χ0n) is 19.9. The third-order valence-electron chi connectivity index (χ3n) is 6.52. The van der Waals surface area contributed by atoms with Crippen molar-refractivity contribution in [1.29, 1.82) is 0 Å². The van der Waals surface area contributed by atoms with Crippen molar-refractivity contribution in [2.75, 3.05) is 32.1 Å². The Kier molecular flexibility index (Phi) is 6.96. The van der Waals surface area contributed by atoms with Crippen molar-refractivity contribution in [3.05, 3.63) is 58.7 Å². The molecule has 1 aliphatic heterocycles. The number of carbonyl (C=O) groups excluding carboxylic acids is 1. The molecule has 1 saturated heterocycles. The fraction of sp³-hybridized carbons (Fsp3) is 0.423. The Balaban J connectivity index is 1.52. The first kappa shape index (κ1) is 22.8. The van der Waals surface area contributed by atoms with Crippen molar-refractivity contribution in [3.8, 4) is 17.4 Å². The number of carbonyl (C=O) groups is 1. The lowest BCUT2D eigenvalue weighted by molar-refractivity contribution is 0.0712.